The molecular formula is C18H13NO2. The lowest BCUT2D eigenvalue weighted by atomic mass is 10.1. The van der Waals surface area contributed by atoms with E-state index in [1.165, 1.54) is 0 Å². The minimum absolute atomic E-state index is 0.329. The second-order valence-corrected chi connectivity index (χ2v) is 5.06. The van der Waals surface area contributed by atoms with E-state index in [2.05, 4.69) is 0 Å². The van der Waals surface area contributed by atoms with Gasteiger partial charge in [0.05, 0.1) is 12.2 Å². The van der Waals surface area contributed by atoms with Crippen molar-refractivity contribution in [1.29, 1.82) is 0 Å². The highest BCUT2D eigenvalue weighted by Crippen LogP contribution is 2.33. The molecule has 0 spiro atoms. The van der Waals surface area contributed by atoms with E-state index in [9.17, 15) is 4.79 Å². The first-order valence-corrected chi connectivity index (χ1v) is 6.88. The molecule has 3 heteroatoms. The van der Waals surface area contributed by atoms with Crippen molar-refractivity contribution in [1.82, 2.24) is 0 Å². The van der Waals surface area contributed by atoms with Crippen LogP contribution < -0.4 is 9.64 Å². The lowest BCUT2D eigenvalue weighted by Crippen LogP contribution is -2.37. The number of amides is 1. The molecule has 4 rings (SSSR count). The van der Waals surface area contributed by atoms with Gasteiger partial charge in [-0.15, -0.1) is 0 Å². The Morgan fingerprint density at radius 1 is 0.857 bits per heavy atom. The van der Waals surface area contributed by atoms with Gasteiger partial charge < -0.3 is 4.74 Å². The first-order valence-electron chi connectivity index (χ1n) is 6.88. The SMILES string of the molecule is O=C1Oc2ccccc2CN1c1cccc2ccccc12. The van der Waals surface area contributed by atoms with Crippen LogP contribution in [0.1, 0.15) is 5.56 Å². The minimum atomic E-state index is -0.329. The summed E-state index contributed by atoms with van der Waals surface area (Å²) in [4.78, 5) is 14.0. The summed E-state index contributed by atoms with van der Waals surface area (Å²) in [5, 5.41) is 2.16. The van der Waals surface area contributed by atoms with E-state index in [1.807, 2.05) is 66.7 Å². The maximum atomic E-state index is 12.3. The summed E-state index contributed by atoms with van der Waals surface area (Å²) in [7, 11) is 0. The maximum Gasteiger partial charge on any atom is 0.420 e. The normalized spacial score (nSPS) is 13.9. The third-order valence-electron chi connectivity index (χ3n) is 3.78. The fourth-order valence-corrected chi connectivity index (χ4v) is 2.75. The molecule has 0 saturated heterocycles. The number of hydrogen-bond donors (Lipinski definition) is 0. The molecule has 102 valence electrons. The number of hydrogen-bond acceptors (Lipinski definition) is 2. The molecule has 1 aliphatic heterocycles. The van der Waals surface area contributed by atoms with Crippen LogP contribution in [0.2, 0.25) is 0 Å². The van der Waals surface area contributed by atoms with Crippen molar-refractivity contribution in [3.05, 3.63) is 72.3 Å². The molecule has 1 aliphatic rings. The number of benzene rings is 3. The second kappa shape index (κ2) is 4.63. The third kappa shape index (κ3) is 1.94. The maximum absolute atomic E-state index is 12.3. The molecule has 3 aromatic carbocycles. The minimum Gasteiger partial charge on any atom is -0.410 e. The van der Waals surface area contributed by atoms with Crippen LogP contribution in [0.4, 0.5) is 10.5 Å². The van der Waals surface area contributed by atoms with Gasteiger partial charge in [0.2, 0.25) is 0 Å². The molecule has 0 atom stereocenters. The molecular weight excluding hydrogens is 262 g/mol. The number of carbonyl (C=O) groups is 1. The molecule has 3 nitrogen and oxygen atoms in total. The molecule has 0 fully saturated rings. The molecule has 0 bridgehead atoms. The Kier molecular flexibility index (Phi) is 2.64. The molecule has 0 radical (unpaired) electrons. The molecule has 0 aromatic heterocycles. The summed E-state index contributed by atoms with van der Waals surface area (Å²) in [6, 6.07) is 21.7. The number of para-hydroxylation sites is 1. The molecule has 0 N–H and O–H groups in total. The zero-order valence-electron chi connectivity index (χ0n) is 11.3. The van der Waals surface area contributed by atoms with Crippen LogP contribution >= 0.6 is 0 Å². The predicted molar refractivity (Wildman–Crippen MR) is 82.6 cm³/mol. The Hall–Kier alpha value is -2.81. The average molecular weight is 275 g/mol. The van der Waals surface area contributed by atoms with Crippen LogP contribution in [0.3, 0.4) is 0 Å². The van der Waals surface area contributed by atoms with E-state index >= 15 is 0 Å². The zero-order chi connectivity index (χ0) is 14.2. The molecule has 1 heterocycles. The Bertz CT molecular complexity index is 836. The number of anilines is 1. The van der Waals surface area contributed by atoms with Crippen LogP contribution in [-0.2, 0) is 6.54 Å². The van der Waals surface area contributed by atoms with Crippen molar-refractivity contribution in [2.45, 2.75) is 6.54 Å². The van der Waals surface area contributed by atoms with E-state index in [0.29, 0.717) is 12.3 Å². The van der Waals surface area contributed by atoms with Crippen molar-refractivity contribution >= 4 is 22.6 Å². The topological polar surface area (TPSA) is 29.5 Å². The van der Waals surface area contributed by atoms with Gasteiger partial charge >= 0.3 is 6.09 Å². The lowest BCUT2D eigenvalue weighted by molar-refractivity contribution is 0.203. The summed E-state index contributed by atoms with van der Waals surface area (Å²) >= 11 is 0. The standard InChI is InChI=1S/C18H13NO2/c20-18-19(12-14-7-2-4-11-17(14)21-18)16-10-5-8-13-6-1-3-9-15(13)16/h1-11H,12H2. The Morgan fingerprint density at radius 2 is 1.62 bits per heavy atom. The number of fused-ring (bicyclic) bond motifs is 2. The molecule has 0 aliphatic carbocycles. The van der Waals surface area contributed by atoms with Crippen LogP contribution in [-0.4, -0.2) is 6.09 Å². The smallest absolute Gasteiger partial charge is 0.410 e. The van der Waals surface area contributed by atoms with Crippen molar-refractivity contribution < 1.29 is 9.53 Å². The van der Waals surface area contributed by atoms with Gasteiger partial charge in [-0.2, -0.15) is 0 Å². The van der Waals surface area contributed by atoms with Gasteiger partial charge in [0, 0.05) is 10.9 Å². The van der Waals surface area contributed by atoms with Crippen LogP contribution in [0.5, 0.6) is 5.75 Å². The number of carbonyl (C=O) groups excluding carboxylic acids is 1. The number of rotatable bonds is 1. The highest BCUT2D eigenvalue weighted by Gasteiger charge is 2.26. The van der Waals surface area contributed by atoms with Gasteiger partial charge in [-0.1, -0.05) is 54.6 Å². The van der Waals surface area contributed by atoms with Crippen LogP contribution in [0.25, 0.3) is 10.8 Å². The first kappa shape index (κ1) is 12.0. The fourth-order valence-electron chi connectivity index (χ4n) is 2.75. The fraction of sp³-hybridized carbons (Fsp3) is 0.0556. The van der Waals surface area contributed by atoms with E-state index in [4.69, 9.17) is 4.74 Å². The Morgan fingerprint density at radius 3 is 2.57 bits per heavy atom. The summed E-state index contributed by atoms with van der Waals surface area (Å²) in [5.74, 6) is 0.652. The molecule has 0 unspecified atom stereocenters. The molecule has 0 saturated carbocycles. The van der Waals surface area contributed by atoms with Gasteiger partial charge in [-0.05, 0) is 17.5 Å². The van der Waals surface area contributed by atoms with E-state index in [-0.39, 0.29) is 6.09 Å². The van der Waals surface area contributed by atoms with Crippen molar-refractivity contribution in [3.8, 4) is 5.75 Å². The van der Waals surface area contributed by atoms with Crippen LogP contribution in [0, 0.1) is 0 Å². The largest absolute Gasteiger partial charge is 0.420 e. The van der Waals surface area contributed by atoms with E-state index < -0.39 is 0 Å². The van der Waals surface area contributed by atoms with Crippen molar-refractivity contribution in [2.24, 2.45) is 0 Å². The highest BCUT2D eigenvalue weighted by molar-refractivity contribution is 6.02. The monoisotopic (exact) mass is 275 g/mol. The number of ether oxygens (including phenoxy) is 1. The zero-order valence-corrected chi connectivity index (χ0v) is 11.3. The summed E-state index contributed by atoms with van der Waals surface area (Å²) < 4.78 is 5.43. The highest BCUT2D eigenvalue weighted by atomic mass is 16.6. The van der Waals surface area contributed by atoms with Gasteiger partial charge in [0.25, 0.3) is 0 Å². The van der Waals surface area contributed by atoms with Crippen LogP contribution in [0.15, 0.2) is 66.7 Å². The predicted octanol–water partition coefficient (Wildman–Crippen LogP) is 4.36. The summed E-state index contributed by atoms with van der Waals surface area (Å²) in [6.07, 6.45) is -0.329. The van der Waals surface area contributed by atoms with Gasteiger partial charge in [0.15, 0.2) is 0 Å². The van der Waals surface area contributed by atoms with Crippen molar-refractivity contribution in [3.63, 3.8) is 0 Å². The molecule has 3 aromatic rings. The second-order valence-electron chi connectivity index (χ2n) is 5.06. The lowest BCUT2D eigenvalue weighted by Gasteiger charge is -2.28. The summed E-state index contributed by atoms with van der Waals surface area (Å²) in [5.41, 5.74) is 1.90. The third-order valence-corrected chi connectivity index (χ3v) is 3.78. The van der Waals surface area contributed by atoms with Gasteiger partial charge in [0.1, 0.15) is 5.75 Å². The van der Waals surface area contributed by atoms with Crippen molar-refractivity contribution in [2.75, 3.05) is 4.90 Å². The Balaban J connectivity index is 1.84. The molecule has 21 heavy (non-hydrogen) atoms. The molecule has 1 amide bonds. The first-order chi connectivity index (χ1) is 10.3. The Labute approximate surface area is 122 Å². The quantitative estimate of drug-likeness (QED) is 0.660. The van der Waals surface area contributed by atoms with Gasteiger partial charge in [-0.25, -0.2) is 4.79 Å². The van der Waals surface area contributed by atoms with E-state index in [1.54, 1.807) is 4.90 Å². The summed E-state index contributed by atoms with van der Waals surface area (Å²) in [6.45, 7) is 0.531. The van der Waals surface area contributed by atoms with E-state index in [0.717, 1.165) is 22.0 Å². The van der Waals surface area contributed by atoms with Gasteiger partial charge in [-0.3, -0.25) is 4.90 Å². The average Bonchev–Trinajstić information content (AvgIpc) is 2.54. The number of nitrogens with zero attached hydrogens (tertiary/aromatic N) is 1.